The van der Waals surface area contributed by atoms with Crippen LogP contribution in [0.15, 0.2) is 36.5 Å². The number of aromatic amines is 1. The molecule has 3 aromatic heterocycles. The number of aromatic nitrogens is 4. The topological polar surface area (TPSA) is 123 Å². The maximum Gasteiger partial charge on any atom is 0.251 e. The van der Waals surface area contributed by atoms with Crippen molar-refractivity contribution in [3.63, 3.8) is 0 Å². The standard InChI is InChI=1S/C24H23FN6O4/c1-12-4-6-15(20(25)27-12)16-9-26-21-19(16)23(34-3)31-24(30-21)29-17-7-5-13(8-18(17)33-2)22(32)28-14-10-35-11-14/h4-9,14H,10-11H2,1-3H3,(H,28,32)(H2,26,29,30,31). The highest BCUT2D eigenvalue weighted by Gasteiger charge is 2.22. The molecule has 0 spiro atoms. The molecule has 1 aliphatic rings. The number of ether oxygens (including phenoxy) is 3. The molecule has 0 saturated carbocycles. The van der Waals surface area contributed by atoms with Crippen LogP contribution >= 0.6 is 0 Å². The minimum absolute atomic E-state index is 0.0220. The molecule has 1 fully saturated rings. The van der Waals surface area contributed by atoms with Crippen molar-refractivity contribution < 1.29 is 23.4 Å². The van der Waals surface area contributed by atoms with Crippen LogP contribution in [0.4, 0.5) is 16.0 Å². The van der Waals surface area contributed by atoms with Gasteiger partial charge in [-0.05, 0) is 37.3 Å². The number of amides is 1. The number of carbonyl (C=O) groups excluding carboxylic acids is 1. The normalized spacial score (nSPS) is 13.4. The lowest BCUT2D eigenvalue weighted by Gasteiger charge is -2.26. The molecule has 11 heteroatoms. The maximum atomic E-state index is 14.5. The molecule has 4 heterocycles. The van der Waals surface area contributed by atoms with Crippen LogP contribution in [0.25, 0.3) is 22.2 Å². The lowest BCUT2D eigenvalue weighted by molar-refractivity contribution is -0.00346. The summed E-state index contributed by atoms with van der Waals surface area (Å²) in [6, 6.07) is 8.43. The number of pyridine rings is 1. The number of benzene rings is 1. The highest BCUT2D eigenvalue weighted by molar-refractivity contribution is 5.98. The van der Waals surface area contributed by atoms with E-state index in [1.54, 1.807) is 43.5 Å². The van der Waals surface area contributed by atoms with Crippen LogP contribution in [0.3, 0.4) is 0 Å². The molecule has 1 aromatic carbocycles. The third kappa shape index (κ3) is 4.33. The molecule has 3 N–H and O–H groups in total. The average molecular weight is 478 g/mol. The van der Waals surface area contributed by atoms with E-state index in [4.69, 9.17) is 14.2 Å². The third-order valence-electron chi connectivity index (χ3n) is 5.65. The number of anilines is 2. The predicted octanol–water partition coefficient (Wildman–Crippen LogP) is 3.36. The molecule has 0 atom stereocenters. The SMILES string of the molecule is COc1cc(C(=O)NC2COC2)ccc1Nc1nc(OC)c2c(-c3ccc(C)nc3F)c[nH]c2n1. The summed E-state index contributed by atoms with van der Waals surface area (Å²) in [5.41, 5.74) is 2.89. The number of hydrogen-bond acceptors (Lipinski definition) is 8. The van der Waals surface area contributed by atoms with Crippen LogP contribution in [0.5, 0.6) is 11.6 Å². The molecule has 0 bridgehead atoms. The number of halogens is 1. The number of methoxy groups -OCH3 is 2. The van der Waals surface area contributed by atoms with Gasteiger partial charge in [-0.2, -0.15) is 14.4 Å². The van der Waals surface area contributed by atoms with Crippen molar-refractivity contribution in [3.05, 3.63) is 53.7 Å². The lowest BCUT2D eigenvalue weighted by atomic mass is 10.1. The van der Waals surface area contributed by atoms with Gasteiger partial charge in [0, 0.05) is 28.6 Å². The largest absolute Gasteiger partial charge is 0.495 e. The first-order valence-electron chi connectivity index (χ1n) is 10.9. The van der Waals surface area contributed by atoms with Gasteiger partial charge in [0.25, 0.3) is 5.91 Å². The number of aryl methyl sites for hydroxylation is 1. The molecule has 0 aliphatic carbocycles. The third-order valence-corrected chi connectivity index (χ3v) is 5.65. The van der Waals surface area contributed by atoms with Crippen LogP contribution in [-0.4, -0.2) is 59.3 Å². The first-order valence-corrected chi connectivity index (χ1v) is 10.9. The van der Waals surface area contributed by atoms with Crippen molar-refractivity contribution in [3.8, 4) is 22.8 Å². The van der Waals surface area contributed by atoms with E-state index in [0.717, 1.165) is 0 Å². The number of rotatable bonds is 7. The van der Waals surface area contributed by atoms with E-state index < -0.39 is 5.95 Å². The predicted molar refractivity (Wildman–Crippen MR) is 127 cm³/mol. The zero-order chi connectivity index (χ0) is 24.5. The minimum Gasteiger partial charge on any atom is -0.495 e. The van der Waals surface area contributed by atoms with Crippen LogP contribution in [0.2, 0.25) is 0 Å². The molecule has 10 nitrogen and oxygen atoms in total. The van der Waals surface area contributed by atoms with Crippen molar-refractivity contribution in [2.45, 2.75) is 13.0 Å². The Kier molecular flexibility index (Phi) is 5.91. The van der Waals surface area contributed by atoms with E-state index in [9.17, 15) is 9.18 Å². The van der Waals surface area contributed by atoms with Gasteiger partial charge < -0.3 is 29.8 Å². The number of nitrogens with one attached hydrogen (secondary N) is 3. The Morgan fingerprint density at radius 1 is 1.11 bits per heavy atom. The van der Waals surface area contributed by atoms with Crippen LogP contribution in [0, 0.1) is 12.9 Å². The first kappa shape index (κ1) is 22.5. The summed E-state index contributed by atoms with van der Waals surface area (Å²) in [6.45, 7) is 2.75. The molecule has 5 rings (SSSR count). The molecule has 35 heavy (non-hydrogen) atoms. The molecule has 1 saturated heterocycles. The quantitative estimate of drug-likeness (QED) is 0.346. The van der Waals surface area contributed by atoms with E-state index in [2.05, 4.69) is 30.6 Å². The molecule has 0 unspecified atom stereocenters. The molecular formula is C24H23FN6O4. The molecule has 1 aliphatic heterocycles. The number of hydrogen-bond donors (Lipinski definition) is 3. The van der Waals surface area contributed by atoms with Crippen LogP contribution < -0.4 is 20.1 Å². The van der Waals surface area contributed by atoms with Crippen molar-refractivity contribution in [1.82, 2.24) is 25.3 Å². The van der Waals surface area contributed by atoms with Gasteiger partial charge in [-0.25, -0.2) is 4.98 Å². The number of fused-ring (bicyclic) bond motifs is 1. The Hall–Kier alpha value is -4.25. The van der Waals surface area contributed by atoms with Crippen LogP contribution in [-0.2, 0) is 4.74 Å². The Morgan fingerprint density at radius 2 is 1.94 bits per heavy atom. The summed E-state index contributed by atoms with van der Waals surface area (Å²) in [7, 11) is 2.99. The maximum absolute atomic E-state index is 14.5. The van der Waals surface area contributed by atoms with E-state index >= 15 is 0 Å². The van der Waals surface area contributed by atoms with E-state index in [0.29, 0.717) is 58.1 Å². The van der Waals surface area contributed by atoms with Gasteiger partial charge in [-0.3, -0.25) is 4.79 Å². The highest BCUT2D eigenvalue weighted by Crippen LogP contribution is 2.36. The smallest absolute Gasteiger partial charge is 0.251 e. The zero-order valence-electron chi connectivity index (χ0n) is 19.3. The molecular weight excluding hydrogens is 455 g/mol. The van der Waals surface area contributed by atoms with Gasteiger partial charge in [0.05, 0.1) is 44.5 Å². The molecule has 4 aromatic rings. The fourth-order valence-corrected chi connectivity index (χ4v) is 3.79. The number of nitrogens with zero attached hydrogens (tertiary/aromatic N) is 3. The zero-order valence-corrected chi connectivity index (χ0v) is 19.3. The second-order valence-corrected chi connectivity index (χ2v) is 8.02. The van der Waals surface area contributed by atoms with Crippen molar-refractivity contribution in [2.75, 3.05) is 32.8 Å². The van der Waals surface area contributed by atoms with Gasteiger partial charge in [0.1, 0.15) is 11.4 Å². The Bertz CT molecular complexity index is 1420. The average Bonchev–Trinajstić information content (AvgIpc) is 3.24. The molecule has 180 valence electrons. The summed E-state index contributed by atoms with van der Waals surface area (Å²) in [4.78, 5) is 28.4. The summed E-state index contributed by atoms with van der Waals surface area (Å²) in [6.07, 6.45) is 1.64. The second-order valence-electron chi connectivity index (χ2n) is 8.02. The fraction of sp³-hybridized carbons (Fsp3) is 0.250. The van der Waals surface area contributed by atoms with Crippen molar-refractivity contribution in [1.29, 1.82) is 0 Å². The van der Waals surface area contributed by atoms with Gasteiger partial charge in [0.15, 0.2) is 0 Å². The Morgan fingerprint density at radius 3 is 2.63 bits per heavy atom. The molecule has 1 amide bonds. The van der Waals surface area contributed by atoms with Crippen molar-refractivity contribution >= 4 is 28.6 Å². The number of carbonyl (C=O) groups is 1. The van der Waals surface area contributed by atoms with Crippen molar-refractivity contribution in [2.24, 2.45) is 0 Å². The summed E-state index contributed by atoms with van der Waals surface area (Å²) < 4.78 is 30.6. The lowest BCUT2D eigenvalue weighted by Crippen LogP contribution is -2.48. The van der Waals surface area contributed by atoms with Gasteiger partial charge >= 0.3 is 0 Å². The second kappa shape index (κ2) is 9.18. The Labute approximate surface area is 199 Å². The number of H-pyrrole nitrogens is 1. The van der Waals surface area contributed by atoms with Crippen LogP contribution in [0.1, 0.15) is 16.1 Å². The summed E-state index contributed by atoms with van der Waals surface area (Å²) in [5.74, 6) is 0.122. The van der Waals surface area contributed by atoms with Gasteiger partial charge in [-0.15, -0.1) is 0 Å². The van der Waals surface area contributed by atoms with Gasteiger partial charge in [-0.1, -0.05) is 0 Å². The highest BCUT2D eigenvalue weighted by atomic mass is 19.1. The van der Waals surface area contributed by atoms with Gasteiger partial charge in [0.2, 0.25) is 17.8 Å². The summed E-state index contributed by atoms with van der Waals surface area (Å²) >= 11 is 0. The van der Waals surface area contributed by atoms with E-state index in [1.165, 1.54) is 14.2 Å². The Balaban J connectivity index is 1.46. The summed E-state index contributed by atoms with van der Waals surface area (Å²) in [5, 5.41) is 6.53. The first-order chi connectivity index (χ1) is 17.0. The van der Waals surface area contributed by atoms with E-state index in [1.807, 2.05) is 0 Å². The fourth-order valence-electron chi connectivity index (χ4n) is 3.79. The monoisotopic (exact) mass is 478 g/mol. The molecule has 0 radical (unpaired) electrons. The minimum atomic E-state index is -0.589. The van der Waals surface area contributed by atoms with E-state index in [-0.39, 0.29) is 23.8 Å².